The number of benzene rings is 1. The maximum atomic E-state index is 11.9. The molecule has 1 atom stereocenters. The van der Waals surface area contributed by atoms with Crippen molar-refractivity contribution in [1.29, 1.82) is 0 Å². The molecule has 0 amide bonds. The van der Waals surface area contributed by atoms with Crippen molar-refractivity contribution in [3.05, 3.63) is 24.3 Å². The van der Waals surface area contributed by atoms with Crippen LogP contribution >= 0.6 is 8.03 Å². The number of halogens is 3. The van der Waals surface area contributed by atoms with Gasteiger partial charge in [-0.15, -0.1) is 4.52 Å². The van der Waals surface area contributed by atoms with E-state index in [1.807, 2.05) is 0 Å². The molecule has 0 N–H and O–H groups in total. The molecule has 0 bridgehead atoms. The summed E-state index contributed by atoms with van der Waals surface area (Å²) in [4.78, 5) is -0.453. The van der Waals surface area contributed by atoms with E-state index in [1.54, 1.807) is 6.92 Å². The Bertz CT molecular complexity index is 568. The average Bonchev–Trinajstić information content (AvgIpc) is 2.36. The maximum absolute atomic E-state index is 11.9. The summed E-state index contributed by atoms with van der Waals surface area (Å²) in [6, 6.07) is 4.40. The minimum atomic E-state index is -4.74. The number of hydrogen-bond acceptors (Lipinski definition) is 5. The van der Waals surface area contributed by atoms with Crippen LogP contribution in [0.1, 0.15) is 6.92 Å². The Kier molecular flexibility index (Phi) is 5.64. The molecule has 0 aromatic heterocycles. The van der Waals surface area contributed by atoms with Crippen LogP contribution in [-0.4, -0.2) is 27.8 Å². The van der Waals surface area contributed by atoms with Gasteiger partial charge >= 0.3 is 14.2 Å². The summed E-state index contributed by atoms with van der Waals surface area (Å²) in [6.45, 7) is -0.0503. The molecule has 20 heavy (non-hydrogen) atoms. The fraction of sp³-hybridized carbons (Fsp3) is 0.400. The lowest BCUT2D eigenvalue weighted by Gasteiger charge is -2.07. The van der Waals surface area contributed by atoms with E-state index in [0.717, 1.165) is 12.1 Å². The van der Waals surface area contributed by atoms with Crippen molar-refractivity contribution in [3.63, 3.8) is 0 Å². The van der Waals surface area contributed by atoms with Gasteiger partial charge in [-0.3, -0.25) is 4.18 Å². The smallest absolute Gasteiger partial charge is 0.257 e. The third-order valence-electron chi connectivity index (χ3n) is 1.96. The summed E-state index contributed by atoms with van der Waals surface area (Å²) in [5.41, 5.74) is 0. The van der Waals surface area contributed by atoms with Gasteiger partial charge in [0.15, 0.2) is 6.61 Å². The molecular weight excluding hydrogens is 320 g/mol. The van der Waals surface area contributed by atoms with Gasteiger partial charge in [-0.05, 0) is 35.8 Å². The topological polar surface area (TPSA) is 69.7 Å². The van der Waals surface area contributed by atoms with E-state index >= 15 is 0 Å². The zero-order valence-electron chi connectivity index (χ0n) is 10.3. The fourth-order valence-electron chi connectivity index (χ4n) is 1.14. The van der Waals surface area contributed by atoms with Gasteiger partial charge in [0.2, 0.25) is 5.30 Å². The lowest BCUT2D eigenvalue weighted by atomic mass is 10.4. The SMILES string of the molecule is CCO[P+](=O)c1ccc(S(=O)(=O)OCC(F)(F)F)cc1. The largest absolute Gasteiger partial charge is 0.548 e. The normalized spacial score (nSPS) is 13.3. The van der Waals surface area contributed by atoms with Crippen molar-refractivity contribution in [2.75, 3.05) is 13.2 Å². The van der Waals surface area contributed by atoms with Crippen LogP contribution in [0.25, 0.3) is 0 Å². The summed E-state index contributed by atoms with van der Waals surface area (Å²) < 4.78 is 78.8. The van der Waals surface area contributed by atoms with Gasteiger partial charge < -0.3 is 0 Å². The fourth-order valence-corrected chi connectivity index (χ4v) is 2.81. The Hall–Kier alpha value is -1.02. The minimum Gasteiger partial charge on any atom is -0.257 e. The van der Waals surface area contributed by atoms with Crippen LogP contribution < -0.4 is 5.30 Å². The summed E-state index contributed by atoms with van der Waals surface area (Å²) in [7, 11) is -6.62. The van der Waals surface area contributed by atoms with E-state index in [2.05, 4.69) is 4.18 Å². The molecule has 1 aromatic carbocycles. The van der Waals surface area contributed by atoms with Crippen molar-refractivity contribution in [1.82, 2.24) is 0 Å². The Morgan fingerprint density at radius 3 is 2.20 bits per heavy atom. The van der Waals surface area contributed by atoms with E-state index < -0.39 is 35.8 Å². The number of alkyl halides is 3. The van der Waals surface area contributed by atoms with Gasteiger partial charge in [-0.1, -0.05) is 0 Å². The van der Waals surface area contributed by atoms with Crippen molar-refractivity contribution in [2.24, 2.45) is 0 Å². The Morgan fingerprint density at radius 2 is 1.75 bits per heavy atom. The third-order valence-corrected chi connectivity index (χ3v) is 4.45. The molecule has 0 aliphatic carbocycles. The van der Waals surface area contributed by atoms with Gasteiger partial charge in [-0.25, -0.2) is 0 Å². The van der Waals surface area contributed by atoms with Crippen LogP contribution in [0.15, 0.2) is 29.2 Å². The first-order valence-corrected chi connectivity index (χ1v) is 7.90. The monoisotopic (exact) mass is 331 g/mol. The molecule has 1 rings (SSSR count). The summed E-state index contributed by atoms with van der Waals surface area (Å²) >= 11 is 0. The second-order valence-electron chi connectivity index (χ2n) is 3.50. The molecule has 10 heteroatoms. The van der Waals surface area contributed by atoms with E-state index in [1.165, 1.54) is 12.1 Å². The van der Waals surface area contributed by atoms with Crippen LogP contribution in [0, 0.1) is 0 Å². The maximum Gasteiger partial charge on any atom is 0.548 e. The Labute approximate surface area is 114 Å². The van der Waals surface area contributed by atoms with E-state index in [4.69, 9.17) is 4.52 Å². The molecule has 0 saturated carbocycles. The van der Waals surface area contributed by atoms with Crippen LogP contribution in [0.4, 0.5) is 13.2 Å². The van der Waals surface area contributed by atoms with E-state index in [-0.39, 0.29) is 11.9 Å². The van der Waals surface area contributed by atoms with Gasteiger partial charge in [0.1, 0.15) is 6.61 Å². The molecule has 0 saturated heterocycles. The molecule has 0 heterocycles. The van der Waals surface area contributed by atoms with Gasteiger partial charge in [-0.2, -0.15) is 21.6 Å². The van der Waals surface area contributed by atoms with Crippen LogP contribution in [0.5, 0.6) is 0 Å². The lowest BCUT2D eigenvalue weighted by Crippen LogP contribution is -2.20. The summed E-state index contributed by atoms with van der Waals surface area (Å²) in [6.07, 6.45) is -4.74. The molecule has 0 spiro atoms. The highest BCUT2D eigenvalue weighted by molar-refractivity contribution is 7.86. The average molecular weight is 331 g/mol. The third kappa shape index (κ3) is 5.16. The zero-order chi connectivity index (χ0) is 15.4. The van der Waals surface area contributed by atoms with Crippen molar-refractivity contribution in [3.8, 4) is 0 Å². The first kappa shape index (κ1) is 17.0. The molecule has 1 unspecified atom stereocenters. The summed E-state index contributed by atoms with van der Waals surface area (Å²) in [5.74, 6) is 0. The molecule has 0 aliphatic rings. The van der Waals surface area contributed by atoms with Crippen molar-refractivity contribution in [2.45, 2.75) is 18.0 Å². The lowest BCUT2D eigenvalue weighted by molar-refractivity contribution is -0.152. The second kappa shape index (κ2) is 6.62. The first-order valence-electron chi connectivity index (χ1n) is 5.32. The molecule has 5 nitrogen and oxygen atoms in total. The van der Waals surface area contributed by atoms with E-state index in [9.17, 15) is 26.2 Å². The van der Waals surface area contributed by atoms with Crippen LogP contribution in [-0.2, 0) is 23.4 Å². The Balaban J connectivity index is 2.84. The van der Waals surface area contributed by atoms with Gasteiger partial charge in [0.25, 0.3) is 10.1 Å². The van der Waals surface area contributed by atoms with Gasteiger partial charge in [0, 0.05) is 0 Å². The second-order valence-corrected chi connectivity index (χ2v) is 6.40. The molecular formula is C10H11F3O5PS+. The highest BCUT2D eigenvalue weighted by Crippen LogP contribution is 2.23. The van der Waals surface area contributed by atoms with Crippen molar-refractivity contribution >= 4 is 23.5 Å². The molecule has 1 aromatic rings. The standard InChI is InChI=1S/C10H11F3O5PS/c1-2-17-19(14)8-3-5-9(6-4-8)20(15,16)18-7-10(11,12)13/h3-6H,2,7H2,1H3/q+1. The number of hydrogen-bond donors (Lipinski definition) is 0. The first-order chi connectivity index (χ1) is 9.15. The zero-order valence-corrected chi connectivity index (χ0v) is 12.0. The molecule has 0 aliphatic heterocycles. The molecule has 0 radical (unpaired) electrons. The van der Waals surface area contributed by atoms with E-state index in [0.29, 0.717) is 0 Å². The van der Waals surface area contributed by atoms with Crippen LogP contribution in [0.3, 0.4) is 0 Å². The quantitative estimate of drug-likeness (QED) is 0.591. The Morgan fingerprint density at radius 1 is 1.20 bits per heavy atom. The minimum absolute atomic E-state index is 0.212. The highest BCUT2D eigenvalue weighted by atomic mass is 32.2. The highest BCUT2D eigenvalue weighted by Gasteiger charge is 2.32. The molecule has 0 fully saturated rings. The molecule has 112 valence electrons. The van der Waals surface area contributed by atoms with Crippen LogP contribution in [0.2, 0.25) is 0 Å². The predicted molar refractivity (Wildman–Crippen MR) is 64.5 cm³/mol. The van der Waals surface area contributed by atoms with Crippen molar-refractivity contribution < 1.29 is 34.9 Å². The number of rotatable bonds is 6. The summed E-state index contributed by atoms with van der Waals surface area (Å²) in [5, 5.41) is 0.233. The van der Waals surface area contributed by atoms with Gasteiger partial charge in [0.05, 0.1) is 4.90 Å². The predicted octanol–water partition coefficient (Wildman–Crippen LogP) is 2.36.